The lowest BCUT2D eigenvalue weighted by Crippen LogP contribution is -2.40. The number of hydrogen-bond acceptors (Lipinski definition) is 8. The molecule has 2 aliphatic heterocycles. The average molecular weight is 498 g/mol. The van der Waals surface area contributed by atoms with E-state index >= 15 is 0 Å². The fourth-order valence-electron chi connectivity index (χ4n) is 4.59. The Balaban J connectivity index is 1.25. The lowest BCUT2D eigenvalue weighted by molar-refractivity contribution is 0.0507. The molecule has 1 atom stereocenters. The lowest BCUT2D eigenvalue weighted by Gasteiger charge is -2.27. The summed E-state index contributed by atoms with van der Waals surface area (Å²) in [6.45, 7) is 10.5. The second kappa shape index (κ2) is 8.78. The van der Waals surface area contributed by atoms with Crippen LogP contribution >= 0.6 is 11.3 Å². The van der Waals surface area contributed by atoms with Gasteiger partial charge < -0.3 is 19.9 Å². The Bertz CT molecular complexity index is 1230. The van der Waals surface area contributed by atoms with Crippen molar-refractivity contribution < 1.29 is 14.3 Å². The molecular weight excluding hydrogens is 466 g/mol. The predicted molar refractivity (Wildman–Crippen MR) is 134 cm³/mol. The van der Waals surface area contributed by atoms with Crippen LogP contribution in [-0.2, 0) is 11.2 Å². The van der Waals surface area contributed by atoms with E-state index < -0.39 is 11.7 Å². The summed E-state index contributed by atoms with van der Waals surface area (Å²) in [5.41, 5.74) is 1.61. The number of nitrogens with zero attached hydrogens (tertiary/aromatic N) is 6. The Morgan fingerprint density at radius 1 is 1.29 bits per heavy atom. The molecule has 1 unspecified atom stereocenters. The molecule has 5 heterocycles. The van der Waals surface area contributed by atoms with Crippen molar-refractivity contribution in [2.75, 3.05) is 36.0 Å². The Hall–Kier alpha value is -3.21. The van der Waals surface area contributed by atoms with Gasteiger partial charge in [0, 0.05) is 37.8 Å². The van der Waals surface area contributed by atoms with Gasteiger partial charge >= 0.3 is 6.09 Å². The maximum absolute atomic E-state index is 13.2. The SMILES string of the molecule is CC1(CNC(=O)OC(C)(C)C)CCN(c2nn3cc(C(=O)N4CCCc5ncccc54)nc3s2)C1. The van der Waals surface area contributed by atoms with Crippen LogP contribution < -0.4 is 15.1 Å². The summed E-state index contributed by atoms with van der Waals surface area (Å²) in [6, 6.07) is 3.80. The number of carbonyl (C=O) groups is 2. The van der Waals surface area contributed by atoms with Gasteiger partial charge in [0.2, 0.25) is 10.1 Å². The molecule has 35 heavy (non-hydrogen) atoms. The molecule has 2 amide bonds. The molecule has 0 radical (unpaired) electrons. The molecule has 1 fully saturated rings. The van der Waals surface area contributed by atoms with Crippen molar-refractivity contribution >= 4 is 39.1 Å². The van der Waals surface area contributed by atoms with Crippen LogP contribution in [0.3, 0.4) is 0 Å². The van der Waals surface area contributed by atoms with Gasteiger partial charge in [-0.25, -0.2) is 14.3 Å². The van der Waals surface area contributed by atoms with Gasteiger partial charge in [-0.3, -0.25) is 9.78 Å². The Morgan fingerprint density at radius 2 is 2.11 bits per heavy atom. The highest BCUT2D eigenvalue weighted by atomic mass is 32.1. The summed E-state index contributed by atoms with van der Waals surface area (Å²) in [5, 5.41) is 8.47. The first-order chi connectivity index (χ1) is 16.6. The van der Waals surface area contributed by atoms with Crippen molar-refractivity contribution in [3.05, 3.63) is 35.9 Å². The van der Waals surface area contributed by atoms with E-state index in [0.717, 1.165) is 48.9 Å². The molecule has 5 rings (SSSR count). The highest BCUT2D eigenvalue weighted by Crippen LogP contribution is 2.35. The molecule has 1 saturated heterocycles. The number of aromatic nitrogens is 4. The Kier molecular flexibility index (Phi) is 5.90. The van der Waals surface area contributed by atoms with E-state index in [4.69, 9.17) is 9.84 Å². The van der Waals surface area contributed by atoms with Gasteiger partial charge in [0.25, 0.3) is 5.91 Å². The summed E-state index contributed by atoms with van der Waals surface area (Å²) in [4.78, 5) is 38.9. The summed E-state index contributed by atoms with van der Waals surface area (Å²) in [6.07, 6.45) is 5.77. The summed E-state index contributed by atoms with van der Waals surface area (Å²) < 4.78 is 7.05. The van der Waals surface area contributed by atoms with Crippen LogP contribution in [0.1, 0.15) is 56.7 Å². The van der Waals surface area contributed by atoms with E-state index in [1.807, 2.05) is 32.9 Å². The first kappa shape index (κ1) is 23.5. The first-order valence-electron chi connectivity index (χ1n) is 11.9. The third-order valence-electron chi connectivity index (χ3n) is 6.34. The van der Waals surface area contributed by atoms with Gasteiger partial charge in [-0.2, -0.15) is 0 Å². The first-order valence-corrected chi connectivity index (χ1v) is 12.8. The highest BCUT2D eigenvalue weighted by Gasteiger charge is 2.36. The number of ether oxygens (including phenoxy) is 1. The third-order valence-corrected chi connectivity index (χ3v) is 7.32. The van der Waals surface area contributed by atoms with Crippen molar-refractivity contribution in [2.45, 2.75) is 52.6 Å². The maximum atomic E-state index is 13.2. The highest BCUT2D eigenvalue weighted by molar-refractivity contribution is 7.20. The molecule has 0 spiro atoms. The number of nitrogens with one attached hydrogen (secondary N) is 1. The summed E-state index contributed by atoms with van der Waals surface area (Å²) in [5.74, 6) is -0.125. The molecule has 0 aliphatic carbocycles. The number of amides is 2. The number of anilines is 2. The molecule has 3 aromatic rings. The van der Waals surface area contributed by atoms with Gasteiger partial charge in [-0.05, 0) is 52.2 Å². The standard InChI is InChI=1S/C24H31N7O3S/c1-23(2,3)34-22(33)26-14-24(4)9-12-29(15-24)21-28-31-13-17(27-20(31)35-21)19(32)30-11-6-7-16-18(30)8-5-10-25-16/h5,8,10,13H,6-7,9,11-12,14-15H2,1-4H3,(H,26,33). The van der Waals surface area contributed by atoms with Crippen molar-refractivity contribution in [1.82, 2.24) is 24.9 Å². The molecule has 10 nitrogen and oxygen atoms in total. The van der Waals surface area contributed by atoms with Crippen LogP contribution in [0, 0.1) is 5.41 Å². The number of pyridine rings is 1. The van der Waals surface area contributed by atoms with Crippen molar-refractivity contribution in [3.63, 3.8) is 0 Å². The zero-order valence-electron chi connectivity index (χ0n) is 20.6. The zero-order valence-corrected chi connectivity index (χ0v) is 21.4. The minimum absolute atomic E-state index is 0.0819. The van der Waals surface area contributed by atoms with E-state index in [1.54, 1.807) is 21.8 Å². The second-order valence-corrected chi connectivity index (χ2v) is 11.5. The molecule has 2 aliphatic rings. The molecule has 3 aromatic heterocycles. The van der Waals surface area contributed by atoms with Crippen LogP contribution in [0.4, 0.5) is 15.6 Å². The van der Waals surface area contributed by atoms with E-state index in [2.05, 4.69) is 27.1 Å². The van der Waals surface area contributed by atoms with Crippen molar-refractivity contribution in [1.29, 1.82) is 0 Å². The topological polar surface area (TPSA) is 105 Å². The number of imidazole rings is 1. The number of rotatable bonds is 4. The van der Waals surface area contributed by atoms with Gasteiger partial charge in [-0.1, -0.05) is 18.3 Å². The number of aryl methyl sites for hydroxylation is 1. The Morgan fingerprint density at radius 3 is 2.89 bits per heavy atom. The number of hydrogen-bond donors (Lipinski definition) is 1. The minimum Gasteiger partial charge on any atom is -0.444 e. The van der Waals surface area contributed by atoms with Gasteiger partial charge in [-0.15, -0.1) is 5.10 Å². The fourth-order valence-corrected chi connectivity index (χ4v) is 5.50. The maximum Gasteiger partial charge on any atom is 0.407 e. The van der Waals surface area contributed by atoms with Crippen LogP contribution in [0.15, 0.2) is 24.5 Å². The quantitative estimate of drug-likeness (QED) is 0.588. The fraction of sp³-hybridized carbons (Fsp3) is 0.542. The smallest absolute Gasteiger partial charge is 0.407 e. The van der Waals surface area contributed by atoms with E-state index in [1.165, 1.54) is 11.3 Å². The summed E-state index contributed by atoms with van der Waals surface area (Å²) >= 11 is 1.47. The minimum atomic E-state index is -0.517. The van der Waals surface area contributed by atoms with E-state index in [0.29, 0.717) is 23.7 Å². The van der Waals surface area contributed by atoms with E-state index in [-0.39, 0.29) is 11.3 Å². The molecular formula is C24H31N7O3S. The van der Waals surface area contributed by atoms with Crippen LogP contribution in [0.5, 0.6) is 0 Å². The van der Waals surface area contributed by atoms with Gasteiger partial charge in [0.05, 0.1) is 17.6 Å². The zero-order chi connectivity index (χ0) is 24.8. The average Bonchev–Trinajstić information content (AvgIpc) is 3.49. The molecule has 0 bridgehead atoms. The predicted octanol–water partition coefficient (Wildman–Crippen LogP) is 3.52. The van der Waals surface area contributed by atoms with Crippen LogP contribution in [-0.4, -0.2) is 63.4 Å². The van der Waals surface area contributed by atoms with Crippen LogP contribution in [0.25, 0.3) is 4.96 Å². The number of fused-ring (bicyclic) bond motifs is 2. The van der Waals surface area contributed by atoms with E-state index in [9.17, 15) is 9.59 Å². The second-order valence-electron chi connectivity index (χ2n) is 10.6. The Labute approximate surface area is 208 Å². The summed E-state index contributed by atoms with van der Waals surface area (Å²) in [7, 11) is 0. The largest absolute Gasteiger partial charge is 0.444 e. The molecule has 0 aromatic carbocycles. The molecule has 1 N–H and O–H groups in total. The van der Waals surface area contributed by atoms with Gasteiger partial charge in [0.1, 0.15) is 11.3 Å². The number of alkyl carbamates (subject to hydrolysis) is 1. The van der Waals surface area contributed by atoms with Crippen molar-refractivity contribution in [2.24, 2.45) is 5.41 Å². The molecule has 0 saturated carbocycles. The van der Waals surface area contributed by atoms with Crippen LogP contribution in [0.2, 0.25) is 0 Å². The number of carbonyl (C=O) groups excluding carboxylic acids is 2. The molecule has 186 valence electrons. The monoisotopic (exact) mass is 497 g/mol. The normalized spacial score (nSPS) is 20.2. The third kappa shape index (κ3) is 4.95. The van der Waals surface area contributed by atoms with Gasteiger partial charge in [0.15, 0.2) is 0 Å². The molecule has 11 heteroatoms. The lowest BCUT2D eigenvalue weighted by atomic mass is 9.90. The van der Waals surface area contributed by atoms with Crippen molar-refractivity contribution in [3.8, 4) is 0 Å².